The van der Waals surface area contributed by atoms with Crippen LogP contribution in [0.15, 0.2) is 64.1 Å². The van der Waals surface area contributed by atoms with E-state index < -0.39 is 16.7 Å². The molecule has 1 aromatic heterocycles. The van der Waals surface area contributed by atoms with Crippen LogP contribution in [0.5, 0.6) is 5.75 Å². The van der Waals surface area contributed by atoms with E-state index in [-0.39, 0.29) is 5.69 Å². The second kappa shape index (κ2) is 9.35. The number of nitrogens with zero attached hydrogens (tertiary/aromatic N) is 2. The summed E-state index contributed by atoms with van der Waals surface area (Å²) in [7, 11) is 1.45. The number of nitrogens with one attached hydrogen (secondary N) is 2. The zero-order valence-corrected chi connectivity index (χ0v) is 16.6. The summed E-state index contributed by atoms with van der Waals surface area (Å²) in [4.78, 5) is 34.3. The van der Waals surface area contributed by atoms with Gasteiger partial charge >= 0.3 is 11.8 Å². The van der Waals surface area contributed by atoms with Crippen LogP contribution in [0.1, 0.15) is 11.3 Å². The molecule has 0 spiro atoms. The Hall–Kier alpha value is -4.47. The number of hydrogen-bond donors (Lipinski definition) is 2. The fourth-order valence-corrected chi connectivity index (χ4v) is 2.74. The van der Waals surface area contributed by atoms with Crippen LogP contribution >= 0.6 is 0 Å². The van der Waals surface area contributed by atoms with E-state index in [2.05, 4.69) is 15.8 Å². The van der Waals surface area contributed by atoms with Gasteiger partial charge in [0.2, 0.25) is 0 Å². The highest BCUT2D eigenvalue weighted by Gasteiger charge is 2.15. The van der Waals surface area contributed by atoms with Gasteiger partial charge in [0.15, 0.2) is 0 Å². The molecule has 0 aliphatic rings. The van der Waals surface area contributed by atoms with Gasteiger partial charge in [0.05, 0.1) is 23.9 Å². The molecule has 0 aliphatic carbocycles. The highest BCUT2D eigenvalue weighted by atomic mass is 16.6. The van der Waals surface area contributed by atoms with Crippen molar-refractivity contribution in [3.63, 3.8) is 0 Å². The van der Waals surface area contributed by atoms with Gasteiger partial charge in [0.1, 0.15) is 17.3 Å². The first-order valence-corrected chi connectivity index (χ1v) is 9.01. The van der Waals surface area contributed by atoms with Crippen LogP contribution in [0.25, 0.3) is 11.3 Å². The van der Waals surface area contributed by atoms with E-state index in [1.807, 2.05) is 0 Å². The lowest BCUT2D eigenvalue weighted by Gasteiger charge is -2.08. The third kappa shape index (κ3) is 5.12. The van der Waals surface area contributed by atoms with E-state index in [4.69, 9.17) is 9.15 Å². The molecule has 0 bridgehead atoms. The number of hydrazone groups is 1. The van der Waals surface area contributed by atoms with Crippen molar-refractivity contribution in [2.45, 2.75) is 6.92 Å². The number of para-hydroxylation sites is 2. The lowest BCUT2D eigenvalue weighted by atomic mass is 10.1. The Morgan fingerprint density at radius 2 is 1.90 bits per heavy atom. The number of carbonyl (C=O) groups excluding carboxylic acids is 2. The Labute approximate surface area is 176 Å². The standard InChI is InChI=1S/C21H18N4O6/c1-13-11-14(25(28)29)7-9-16(13)18-10-8-15(31-18)12-22-24-21(27)20(26)23-17-5-3-4-6-19(17)30-2/h3-12H,1-2H3,(H,23,26)(H,24,27)/b22-12+. The van der Waals surface area contributed by atoms with Crippen molar-refractivity contribution in [2.75, 3.05) is 12.4 Å². The van der Waals surface area contributed by atoms with E-state index in [1.165, 1.54) is 25.5 Å². The minimum absolute atomic E-state index is 0.0105. The minimum atomic E-state index is -0.972. The number of carbonyl (C=O) groups is 2. The fourth-order valence-electron chi connectivity index (χ4n) is 2.74. The zero-order chi connectivity index (χ0) is 22.4. The van der Waals surface area contributed by atoms with Crippen molar-refractivity contribution < 1.29 is 23.7 Å². The van der Waals surface area contributed by atoms with Crippen LogP contribution in [0.3, 0.4) is 0 Å². The van der Waals surface area contributed by atoms with Gasteiger partial charge in [-0.25, -0.2) is 5.43 Å². The van der Waals surface area contributed by atoms with Gasteiger partial charge in [0, 0.05) is 17.7 Å². The molecule has 0 unspecified atom stereocenters. The summed E-state index contributed by atoms with van der Waals surface area (Å²) < 4.78 is 10.7. The summed E-state index contributed by atoms with van der Waals surface area (Å²) in [5.41, 5.74) is 3.81. The normalized spacial score (nSPS) is 10.6. The largest absolute Gasteiger partial charge is 0.495 e. The number of aryl methyl sites for hydroxylation is 1. The first kappa shape index (κ1) is 21.2. The molecule has 3 aromatic rings. The second-order valence-electron chi connectivity index (χ2n) is 6.31. The minimum Gasteiger partial charge on any atom is -0.495 e. The molecule has 10 nitrogen and oxygen atoms in total. The Balaban J connectivity index is 1.62. The van der Waals surface area contributed by atoms with E-state index >= 15 is 0 Å². The van der Waals surface area contributed by atoms with Gasteiger partial charge in [-0.3, -0.25) is 19.7 Å². The third-order valence-electron chi connectivity index (χ3n) is 4.23. The number of amides is 2. The molecule has 0 saturated carbocycles. The molecule has 10 heteroatoms. The summed E-state index contributed by atoms with van der Waals surface area (Å²) in [5, 5.41) is 17.0. The maximum Gasteiger partial charge on any atom is 0.329 e. The lowest BCUT2D eigenvalue weighted by molar-refractivity contribution is -0.384. The molecule has 0 atom stereocenters. The maximum atomic E-state index is 12.0. The van der Waals surface area contributed by atoms with Crippen LogP contribution in [0.4, 0.5) is 11.4 Å². The van der Waals surface area contributed by atoms with Gasteiger partial charge in [-0.05, 0) is 42.8 Å². The quantitative estimate of drug-likeness (QED) is 0.271. The monoisotopic (exact) mass is 422 g/mol. The molecular weight excluding hydrogens is 404 g/mol. The van der Waals surface area contributed by atoms with Crippen LogP contribution < -0.4 is 15.5 Å². The molecule has 0 radical (unpaired) electrons. The first-order chi connectivity index (χ1) is 14.9. The zero-order valence-electron chi connectivity index (χ0n) is 16.6. The molecule has 3 rings (SSSR count). The van der Waals surface area contributed by atoms with Crippen LogP contribution in [-0.2, 0) is 9.59 Å². The van der Waals surface area contributed by atoms with Crippen molar-refractivity contribution >= 4 is 29.4 Å². The summed E-state index contributed by atoms with van der Waals surface area (Å²) in [6.45, 7) is 1.74. The van der Waals surface area contributed by atoms with Crippen molar-refractivity contribution in [2.24, 2.45) is 5.10 Å². The highest BCUT2D eigenvalue weighted by molar-refractivity contribution is 6.39. The topological polar surface area (TPSA) is 136 Å². The average Bonchev–Trinajstić information content (AvgIpc) is 3.22. The van der Waals surface area contributed by atoms with Crippen molar-refractivity contribution in [3.05, 3.63) is 76.0 Å². The Bertz CT molecular complexity index is 1170. The lowest BCUT2D eigenvalue weighted by Crippen LogP contribution is -2.32. The first-order valence-electron chi connectivity index (χ1n) is 9.01. The number of methoxy groups -OCH3 is 1. The van der Waals surface area contributed by atoms with Crippen LogP contribution in [0.2, 0.25) is 0 Å². The smallest absolute Gasteiger partial charge is 0.329 e. The third-order valence-corrected chi connectivity index (χ3v) is 4.23. The molecular formula is C21H18N4O6. The highest BCUT2D eigenvalue weighted by Crippen LogP contribution is 2.28. The van der Waals surface area contributed by atoms with Gasteiger partial charge < -0.3 is 14.5 Å². The summed E-state index contributed by atoms with van der Waals surface area (Å²) in [5.74, 6) is -0.674. The van der Waals surface area contributed by atoms with Crippen molar-refractivity contribution in [1.82, 2.24) is 5.43 Å². The Morgan fingerprint density at radius 3 is 2.61 bits per heavy atom. The molecule has 1 heterocycles. The van der Waals surface area contributed by atoms with Crippen LogP contribution in [-0.4, -0.2) is 30.1 Å². The Morgan fingerprint density at radius 1 is 1.13 bits per heavy atom. The number of nitro groups is 1. The second-order valence-corrected chi connectivity index (χ2v) is 6.31. The molecule has 0 aliphatic heterocycles. The van der Waals surface area contributed by atoms with Crippen molar-refractivity contribution in [1.29, 1.82) is 0 Å². The molecule has 2 N–H and O–H groups in total. The van der Waals surface area contributed by atoms with Crippen molar-refractivity contribution in [3.8, 4) is 17.1 Å². The molecule has 0 fully saturated rings. The molecule has 158 valence electrons. The van der Waals surface area contributed by atoms with E-state index in [9.17, 15) is 19.7 Å². The summed E-state index contributed by atoms with van der Waals surface area (Å²) >= 11 is 0. The predicted molar refractivity (Wildman–Crippen MR) is 113 cm³/mol. The number of hydrogen-bond acceptors (Lipinski definition) is 7. The van der Waals surface area contributed by atoms with Crippen LogP contribution in [0, 0.1) is 17.0 Å². The fraction of sp³-hybridized carbons (Fsp3) is 0.0952. The molecule has 31 heavy (non-hydrogen) atoms. The Kier molecular flexibility index (Phi) is 6.41. The molecule has 2 amide bonds. The number of benzene rings is 2. The molecule has 0 saturated heterocycles. The number of non-ortho nitro benzene ring substituents is 1. The van der Waals surface area contributed by atoms with Gasteiger partial charge in [0.25, 0.3) is 5.69 Å². The molecule has 2 aromatic carbocycles. The number of ether oxygens (including phenoxy) is 1. The summed E-state index contributed by atoms with van der Waals surface area (Å²) in [6, 6.07) is 14.4. The van der Waals surface area contributed by atoms with E-state index in [1.54, 1.807) is 49.4 Å². The van der Waals surface area contributed by atoms with Gasteiger partial charge in [-0.2, -0.15) is 5.10 Å². The number of nitro benzene ring substituents is 1. The predicted octanol–water partition coefficient (Wildman–Crippen LogP) is 3.26. The maximum absolute atomic E-state index is 12.0. The van der Waals surface area contributed by atoms with Gasteiger partial charge in [-0.15, -0.1) is 0 Å². The van der Waals surface area contributed by atoms with E-state index in [0.717, 1.165) is 0 Å². The summed E-state index contributed by atoms with van der Waals surface area (Å²) in [6.07, 6.45) is 1.23. The van der Waals surface area contributed by atoms with Gasteiger partial charge in [-0.1, -0.05) is 12.1 Å². The number of rotatable bonds is 6. The SMILES string of the molecule is COc1ccccc1NC(=O)C(=O)N/N=C/c1ccc(-c2ccc([N+](=O)[O-])cc2C)o1. The number of furan rings is 1. The number of anilines is 1. The van der Waals surface area contributed by atoms with E-state index in [0.29, 0.717) is 34.1 Å². The average molecular weight is 422 g/mol.